The summed E-state index contributed by atoms with van der Waals surface area (Å²) in [5.74, 6) is 0. The summed E-state index contributed by atoms with van der Waals surface area (Å²) >= 11 is 0. The van der Waals surface area contributed by atoms with Crippen molar-refractivity contribution in [1.82, 2.24) is 4.90 Å². The van der Waals surface area contributed by atoms with Crippen molar-refractivity contribution in [3.8, 4) is 0 Å². The molecule has 0 aliphatic heterocycles. The summed E-state index contributed by atoms with van der Waals surface area (Å²) in [6.45, 7) is 3.45. The van der Waals surface area contributed by atoms with E-state index >= 15 is 0 Å². The van der Waals surface area contributed by atoms with E-state index in [0.29, 0.717) is 12.6 Å². The third-order valence-electron chi connectivity index (χ3n) is 3.15. The smallest absolute Gasteiger partial charge is 0.322 e. The van der Waals surface area contributed by atoms with Crippen LogP contribution in [0.15, 0.2) is 24.3 Å². The summed E-state index contributed by atoms with van der Waals surface area (Å²) in [7, 11) is 0. The van der Waals surface area contributed by atoms with Crippen molar-refractivity contribution in [2.45, 2.75) is 38.8 Å². The molecule has 1 saturated carbocycles. The fraction of sp³-hybridized carbons (Fsp3) is 0.500. The van der Waals surface area contributed by atoms with Gasteiger partial charge in [0.2, 0.25) is 0 Å². The molecule has 4 heteroatoms. The van der Waals surface area contributed by atoms with Gasteiger partial charge in [0.15, 0.2) is 0 Å². The van der Waals surface area contributed by atoms with Gasteiger partial charge in [-0.3, -0.25) is 0 Å². The Labute approximate surface area is 108 Å². The number of carbonyl (C=O) groups excluding carboxylic acids is 1. The van der Waals surface area contributed by atoms with Gasteiger partial charge >= 0.3 is 6.03 Å². The fourth-order valence-corrected chi connectivity index (χ4v) is 2.00. The number of nitrogens with two attached hydrogens (primary N) is 1. The van der Waals surface area contributed by atoms with Gasteiger partial charge < -0.3 is 16.0 Å². The first-order chi connectivity index (χ1) is 8.74. The Morgan fingerprint density at radius 2 is 2.06 bits per heavy atom. The molecule has 2 rings (SSSR count). The molecule has 0 saturated heterocycles. The van der Waals surface area contributed by atoms with Gasteiger partial charge in [-0.25, -0.2) is 4.79 Å². The molecule has 1 aromatic carbocycles. The van der Waals surface area contributed by atoms with Gasteiger partial charge in [-0.15, -0.1) is 0 Å². The molecular weight excluding hydrogens is 226 g/mol. The van der Waals surface area contributed by atoms with Crippen molar-refractivity contribution in [3.05, 3.63) is 29.8 Å². The summed E-state index contributed by atoms with van der Waals surface area (Å²) in [4.78, 5) is 14.1. The monoisotopic (exact) mass is 247 g/mol. The molecule has 2 amide bonds. The molecule has 18 heavy (non-hydrogen) atoms. The zero-order valence-electron chi connectivity index (χ0n) is 10.9. The van der Waals surface area contributed by atoms with Crippen LogP contribution >= 0.6 is 0 Å². The highest BCUT2D eigenvalue weighted by Gasteiger charge is 2.31. The van der Waals surface area contributed by atoms with Gasteiger partial charge in [-0.1, -0.05) is 19.1 Å². The molecule has 0 aromatic heterocycles. The Morgan fingerprint density at radius 3 is 2.56 bits per heavy atom. The molecule has 1 aromatic rings. The molecule has 0 radical (unpaired) electrons. The minimum Gasteiger partial charge on any atom is -0.326 e. The van der Waals surface area contributed by atoms with Crippen molar-refractivity contribution in [2.75, 3.05) is 11.9 Å². The van der Waals surface area contributed by atoms with Crippen molar-refractivity contribution < 1.29 is 4.79 Å². The first-order valence-corrected chi connectivity index (χ1v) is 6.61. The maximum Gasteiger partial charge on any atom is 0.322 e. The lowest BCUT2D eigenvalue weighted by atomic mass is 10.2. The van der Waals surface area contributed by atoms with Crippen LogP contribution in [0, 0.1) is 0 Å². The lowest BCUT2D eigenvalue weighted by Crippen LogP contribution is -2.37. The van der Waals surface area contributed by atoms with Crippen LogP contribution in [0.4, 0.5) is 10.5 Å². The van der Waals surface area contributed by atoms with Gasteiger partial charge in [0, 0.05) is 24.8 Å². The van der Waals surface area contributed by atoms with Gasteiger partial charge in [0.1, 0.15) is 0 Å². The van der Waals surface area contributed by atoms with Crippen LogP contribution in [-0.4, -0.2) is 23.5 Å². The Morgan fingerprint density at radius 1 is 1.39 bits per heavy atom. The molecule has 0 spiro atoms. The molecule has 1 aliphatic rings. The highest BCUT2D eigenvalue weighted by molar-refractivity contribution is 5.89. The summed E-state index contributed by atoms with van der Waals surface area (Å²) in [5, 5.41) is 2.95. The maximum absolute atomic E-state index is 12.1. The number of anilines is 1. The normalized spacial score (nSPS) is 14.3. The molecule has 0 heterocycles. The summed E-state index contributed by atoms with van der Waals surface area (Å²) in [6, 6.07) is 8.15. The predicted molar refractivity (Wildman–Crippen MR) is 73.4 cm³/mol. The highest BCUT2D eigenvalue weighted by atomic mass is 16.2. The van der Waals surface area contributed by atoms with Crippen molar-refractivity contribution >= 4 is 11.7 Å². The number of benzene rings is 1. The minimum atomic E-state index is 0.0137. The van der Waals surface area contributed by atoms with Crippen molar-refractivity contribution in [2.24, 2.45) is 5.73 Å². The van der Waals surface area contributed by atoms with Gasteiger partial charge in [-0.2, -0.15) is 0 Å². The second kappa shape index (κ2) is 5.87. The third-order valence-corrected chi connectivity index (χ3v) is 3.15. The molecule has 98 valence electrons. The van der Waals surface area contributed by atoms with Crippen LogP contribution in [0.5, 0.6) is 0 Å². The summed E-state index contributed by atoms with van der Waals surface area (Å²) in [6.07, 6.45) is 3.27. The van der Waals surface area contributed by atoms with Crippen LogP contribution < -0.4 is 11.1 Å². The Bertz CT molecular complexity index is 398. The van der Waals surface area contributed by atoms with Gasteiger partial charge in [0.25, 0.3) is 0 Å². The van der Waals surface area contributed by atoms with E-state index in [9.17, 15) is 4.79 Å². The van der Waals surface area contributed by atoms with E-state index in [1.54, 1.807) is 0 Å². The average Bonchev–Trinajstić information content (AvgIpc) is 3.21. The van der Waals surface area contributed by atoms with Crippen molar-refractivity contribution in [1.29, 1.82) is 0 Å². The largest absolute Gasteiger partial charge is 0.326 e. The van der Waals surface area contributed by atoms with E-state index in [1.807, 2.05) is 29.2 Å². The molecule has 0 unspecified atom stereocenters. The SMILES string of the molecule is CCCN(C(=O)Nc1ccc(CN)cc1)C1CC1. The predicted octanol–water partition coefficient (Wildman–Crippen LogP) is 2.55. The number of urea groups is 1. The second-order valence-corrected chi connectivity index (χ2v) is 4.76. The summed E-state index contributed by atoms with van der Waals surface area (Å²) in [5.41, 5.74) is 7.44. The van der Waals surface area contributed by atoms with Gasteiger partial charge in [0.05, 0.1) is 0 Å². The Hall–Kier alpha value is -1.55. The number of nitrogens with zero attached hydrogens (tertiary/aromatic N) is 1. The zero-order valence-corrected chi connectivity index (χ0v) is 10.9. The molecular formula is C14H21N3O. The van der Waals surface area contributed by atoms with E-state index in [4.69, 9.17) is 5.73 Å². The number of rotatable bonds is 5. The molecule has 1 aliphatic carbocycles. The standard InChI is InChI=1S/C14H21N3O/c1-2-9-17(13-7-8-13)14(18)16-12-5-3-11(10-15)4-6-12/h3-6,13H,2,7-10,15H2,1H3,(H,16,18). The van der Waals surface area contributed by atoms with E-state index in [2.05, 4.69) is 12.2 Å². The van der Waals surface area contributed by atoms with Crippen molar-refractivity contribution in [3.63, 3.8) is 0 Å². The Balaban J connectivity index is 1.95. The van der Waals surface area contributed by atoms with Gasteiger partial charge in [-0.05, 0) is 37.0 Å². The van der Waals surface area contributed by atoms with E-state index in [0.717, 1.165) is 37.1 Å². The summed E-state index contributed by atoms with van der Waals surface area (Å²) < 4.78 is 0. The lowest BCUT2D eigenvalue weighted by molar-refractivity contribution is 0.209. The Kier molecular flexibility index (Phi) is 4.20. The van der Waals surface area contributed by atoms with Crippen LogP contribution in [0.25, 0.3) is 0 Å². The molecule has 0 bridgehead atoms. The van der Waals surface area contributed by atoms with E-state index < -0.39 is 0 Å². The molecule has 1 fully saturated rings. The zero-order chi connectivity index (χ0) is 13.0. The fourth-order valence-electron chi connectivity index (χ4n) is 2.00. The van der Waals surface area contributed by atoms with Crippen LogP contribution in [0.2, 0.25) is 0 Å². The molecule has 0 atom stereocenters. The number of amides is 2. The lowest BCUT2D eigenvalue weighted by Gasteiger charge is -2.22. The second-order valence-electron chi connectivity index (χ2n) is 4.76. The number of carbonyl (C=O) groups is 1. The van der Waals surface area contributed by atoms with Crippen LogP contribution in [0.1, 0.15) is 31.7 Å². The number of nitrogens with one attached hydrogen (secondary N) is 1. The average molecular weight is 247 g/mol. The maximum atomic E-state index is 12.1. The first-order valence-electron chi connectivity index (χ1n) is 6.61. The first kappa shape index (κ1) is 12.9. The number of hydrogen-bond donors (Lipinski definition) is 2. The number of hydrogen-bond acceptors (Lipinski definition) is 2. The quantitative estimate of drug-likeness (QED) is 0.840. The van der Waals surface area contributed by atoms with Crippen LogP contribution in [0.3, 0.4) is 0 Å². The van der Waals surface area contributed by atoms with E-state index in [1.165, 1.54) is 0 Å². The molecule has 4 nitrogen and oxygen atoms in total. The van der Waals surface area contributed by atoms with Crippen LogP contribution in [-0.2, 0) is 6.54 Å². The topological polar surface area (TPSA) is 58.4 Å². The third kappa shape index (κ3) is 3.23. The molecule has 3 N–H and O–H groups in total. The highest BCUT2D eigenvalue weighted by Crippen LogP contribution is 2.27. The van der Waals surface area contributed by atoms with E-state index in [-0.39, 0.29) is 6.03 Å². The minimum absolute atomic E-state index is 0.0137.